The third kappa shape index (κ3) is 5.55. The van der Waals surface area contributed by atoms with E-state index in [4.69, 9.17) is 18.9 Å². The molecule has 0 aliphatic carbocycles. The van der Waals surface area contributed by atoms with Crippen LogP contribution in [-0.4, -0.2) is 61.4 Å². The smallest absolute Gasteiger partial charge is 0.338 e. The number of H-pyrrole nitrogens is 1. The highest BCUT2D eigenvalue weighted by atomic mass is 31.2. The first-order valence-corrected chi connectivity index (χ1v) is 12.9. The molecule has 10 nitrogen and oxygen atoms in total. The number of nitrogens with zero attached hydrogens (tertiary/aromatic N) is 1. The monoisotopic (exact) mass is 496 g/mol. The van der Waals surface area contributed by atoms with E-state index in [1.165, 1.54) is 45.7 Å². The number of hydrogen-bond donors (Lipinski definition) is 1. The van der Waals surface area contributed by atoms with Gasteiger partial charge in [0, 0.05) is 18.9 Å². The summed E-state index contributed by atoms with van der Waals surface area (Å²) in [5, 5.41) is 0. The van der Waals surface area contributed by atoms with Crippen LogP contribution in [0.5, 0.6) is 0 Å². The van der Waals surface area contributed by atoms with Crippen LogP contribution in [0, 0.1) is 6.92 Å². The van der Waals surface area contributed by atoms with Gasteiger partial charge >= 0.3 is 11.7 Å². The fourth-order valence-electron chi connectivity index (χ4n) is 3.30. The quantitative estimate of drug-likeness (QED) is 0.336. The van der Waals surface area contributed by atoms with E-state index < -0.39 is 54.1 Å². The number of carbonyl (C=O) groups excluding carboxylic acids is 1. The van der Waals surface area contributed by atoms with Gasteiger partial charge in [0.05, 0.1) is 18.8 Å². The number of methoxy groups -OCH3 is 1. The zero-order valence-electron chi connectivity index (χ0n) is 19.1. The SMILES string of the molecule is COCCO[C@@H]1[C@H](OC(=O)c2ccccc2)/C(=C(/F)P(C)(C)=O)O[C@H]1n1cc(C)c(=O)[nH]c1=O. The average Bonchev–Trinajstić information content (AvgIpc) is 3.13. The Kier molecular flexibility index (Phi) is 7.91. The molecular weight excluding hydrogens is 470 g/mol. The first-order valence-electron chi connectivity index (χ1n) is 10.3. The van der Waals surface area contributed by atoms with E-state index in [1.807, 2.05) is 0 Å². The largest absolute Gasteiger partial charge is 0.464 e. The summed E-state index contributed by atoms with van der Waals surface area (Å²) in [7, 11) is -2.04. The van der Waals surface area contributed by atoms with Crippen molar-refractivity contribution in [3.63, 3.8) is 0 Å². The lowest BCUT2D eigenvalue weighted by molar-refractivity contribution is -0.0802. The molecule has 0 unspecified atom stereocenters. The van der Waals surface area contributed by atoms with E-state index >= 15 is 4.39 Å². The van der Waals surface area contributed by atoms with Gasteiger partial charge in [0.25, 0.3) is 5.56 Å². The molecule has 0 radical (unpaired) electrons. The highest BCUT2D eigenvalue weighted by Crippen LogP contribution is 2.52. The summed E-state index contributed by atoms with van der Waals surface area (Å²) in [4.78, 5) is 39.4. The first-order chi connectivity index (χ1) is 16.0. The van der Waals surface area contributed by atoms with Gasteiger partial charge in [-0.1, -0.05) is 18.2 Å². The summed E-state index contributed by atoms with van der Waals surface area (Å²) in [6.07, 6.45) is -2.80. The minimum Gasteiger partial charge on any atom is -0.464 e. The van der Waals surface area contributed by atoms with Gasteiger partial charge in [-0.25, -0.2) is 9.59 Å². The van der Waals surface area contributed by atoms with Crippen LogP contribution in [0.15, 0.2) is 57.4 Å². The summed E-state index contributed by atoms with van der Waals surface area (Å²) in [5.41, 5.74) is -2.17. The fraction of sp³-hybridized carbons (Fsp3) is 0.409. The summed E-state index contributed by atoms with van der Waals surface area (Å²) in [6, 6.07) is 7.99. The van der Waals surface area contributed by atoms with Crippen LogP contribution in [0.1, 0.15) is 22.1 Å². The maximum Gasteiger partial charge on any atom is 0.338 e. The molecule has 1 fully saturated rings. The Bertz CT molecular complexity index is 1230. The molecule has 1 N–H and O–H groups in total. The summed E-state index contributed by atoms with van der Waals surface area (Å²) < 4.78 is 51.0. The molecule has 0 saturated carbocycles. The van der Waals surface area contributed by atoms with E-state index in [0.717, 1.165) is 4.57 Å². The van der Waals surface area contributed by atoms with Crippen molar-refractivity contribution in [2.24, 2.45) is 0 Å². The van der Waals surface area contributed by atoms with Crippen LogP contribution in [0.2, 0.25) is 0 Å². The van der Waals surface area contributed by atoms with Gasteiger partial charge in [-0.2, -0.15) is 4.39 Å². The number of aromatic nitrogens is 2. The first kappa shape index (κ1) is 25.6. The Morgan fingerprint density at radius 2 is 1.88 bits per heavy atom. The molecule has 184 valence electrons. The van der Waals surface area contributed by atoms with Gasteiger partial charge < -0.3 is 23.5 Å². The van der Waals surface area contributed by atoms with E-state index in [9.17, 15) is 18.9 Å². The van der Waals surface area contributed by atoms with E-state index in [0.29, 0.717) is 0 Å². The molecule has 1 saturated heterocycles. The van der Waals surface area contributed by atoms with E-state index in [1.54, 1.807) is 18.2 Å². The lowest BCUT2D eigenvalue weighted by atomic mass is 10.1. The molecule has 1 aromatic heterocycles. The minimum absolute atomic E-state index is 0.0116. The van der Waals surface area contributed by atoms with Gasteiger partial charge in [0.1, 0.15) is 7.14 Å². The fourth-order valence-corrected chi connectivity index (χ4v) is 4.01. The predicted molar refractivity (Wildman–Crippen MR) is 121 cm³/mol. The second-order valence-corrected chi connectivity index (χ2v) is 11.1. The normalized spacial score (nSPS) is 21.7. The van der Waals surface area contributed by atoms with Crippen LogP contribution in [0.3, 0.4) is 0 Å². The van der Waals surface area contributed by atoms with Crippen LogP contribution < -0.4 is 11.2 Å². The molecule has 1 aliphatic heterocycles. The van der Waals surface area contributed by atoms with Gasteiger partial charge in [-0.15, -0.1) is 0 Å². The Labute approximate surface area is 194 Å². The molecule has 3 atom stereocenters. The maximum atomic E-state index is 15.3. The maximum absolute atomic E-state index is 15.3. The number of esters is 1. The molecule has 12 heteroatoms. The lowest BCUT2D eigenvalue weighted by Gasteiger charge is -2.23. The number of hydrogen-bond acceptors (Lipinski definition) is 8. The molecule has 1 aliphatic rings. The van der Waals surface area contributed by atoms with Crippen molar-refractivity contribution in [2.75, 3.05) is 33.7 Å². The third-order valence-electron chi connectivity index (χ3n) is 5.02. The van der Waals surface area contributed by atoms with Gasteiger partial charge in [0.15, 0.2) is 18.0 Å². The molecule has 3 rings (SSSR count). The van der Waals surface area contributed by atoms with Crippen LogP contribution >= 0.6 is 7.14 Å². The van der Waals surface area contributed by atoms with Crippen molar-refractivity contribution >= 4 is 13.1 Å². The lowest BCUT2D eigenvalue weighted by Crippen LogP contribution is -2.41. The van der Waals surface area contributed by atoms with Crippen molar-refractivity contribution < 1.29 is 32.7 Å². The molecule has 0 amide bonds. The van der Waals surface area contributed by atoms with Crippen LogP contribution in [-0.2, 0) is 23.5 Å². The standard InChI is InChI=1S/C22H26FN2O8P/c1-13-12-25(22(28)24-19(13)26)20-17(31-11-10-30-2)15(16(32-20)18(23)34(3,4)29)33-21(27)14-8-6-5-7-9-14/h5-9,12,15,17,20H,10-11H2,1-4H3,(H,24,26,28)/b18-16+/t15-,17-,20-/m1/s1. The Morgan fingerprint density at radius 3 is 2.50 bits per heavy atom. The third-order valence-corrected chi connectivity index (χ3v) is 6.19. The average molecular weight is 496 g/mol. The van der Waals surface area contributed by atoms with Crippen molar-refractivity contribution in [1.29, 1.82) is 0 Å². The van der Waals surface area contributed by atoms with Crippen molar-refractivity contribution in [2.45, 2.75) is 25.4 Å². The highest BCUT2D eigenvalue weighted by molar-refractivity contribution is 7.66. The number of nitrogens with one attached hydrogen (secondary N) is 1. The highest BCUT2D eigenvalue weighted by Gasteiger charge is 2.50. The van der Waals surface area contributed by atoms with Crippen molar-refractivity contribution in [3.8, 4) is 0 Å². The molecule has 0 spiro atoms. The number of benzene rings is 1. The number of ether oxygens (including phenoxy) is 4. The number of rotatable bonds is 8. The molecular formula is C22H26FN2O8P. The Morgan fingerprint density at radius 1 is 1.21 bits per heavy atom. The van der Waals surface area contributed by atoms with Gasteiger partial charge in [0.2, 0.25) is 11.8 Å². The number of carbonyl (C=O) groups is 1. The number of aromatic amines is 1. The van der Waals surface area contributed by atoms with Gasteiger partial charge in [-0.3, -0.25) is 14.3 Å². The molecule has 34 heavy (non-hydrogen) atoms. The number of halogens is 1. The zero-order valence-corrected chi connectivity index (χ0v) is 20.0. The second-order valence-electron chi connectivity index (χ2n) is 8.01. The summed E-state index contributed by atoms with van der Waals surface area (Å²) in [5.74, 6) is -1.31. The van der Waals surface area contributed by atoms with Crippen molar-refractivity contribution in [3.05, 3.63) is 79.8 Å². The topological polar surface area (TPSA) is 126 Å². The molecule has 0 bridgehead atoms. The predicted octanol–water partition coefficient (Wildman–Crippen LogP) is 2.39. The molecule has 1 aromatic carbocycles. The minimum atomic E-state index is -3.49. The van der Waals surface area contributed by atoms with E-state index in [-0.39, 0.29) is 24.3 Å². The van der Waals surface area contributed by atoms with Crippen LogP contribution in [0.25, 0.3) is 0 Å². The van der Waals surface area contributed by atoms with Crippen molar-refractivity contribution in [1.82, 2.24) is 9.55 Å². The Hall–Kier alpha value is -3.01. The molecule has 2 aromatic rings. The van der Waals surface area contributed by atoms with E-state index in [2.05, 4.69) is 4.98 Å². The zero-order chi connectivity index (χ0) is 25.0. The summed E-state index contributed by atoms with van der Waals surface area (Å²) >= 11 is 0. The van der Waals surface area contributed by atoms with Crippen LogP contribution in [0.4, 0.5) is 4.39 Å². The Balaban J connectivity index is 2.12. The summed E-state index contributed by atoms with van der Waals surface area (Å²) in [6.45, 7) is 3.99. The second kappa shape index (κ2) is 10.5. The number of aryl methyl sites for hydroxylation is 1. The molecule has 2 heterocycles. The van der Waals surface area contributed by atoms with Gasteiger partial charge in [-0.05, 0) is 32.4 Å².